The summed E-state index contributed by atoms with van der Waals surface area (Å²) in [6.45, 7) is 4.01. The molecular weight excluding hydrogens is 304 g/mol. The lowest BCUT2D eigenvalue weighted by Gasteiger charge is -2.24. The van der Waals surface area contributed by atoms with Crippen LogP contribution >= 0.6 is 0 Å². The lowest BCUT2D eigenvalue weighted by molar-refractivity contribution is 0.152. The van der Waals surface area contributed by atoms with Crippen molar-refractivity contribution in [3.05, 3.63) is 29.8 Å². The number of nitrogens with one attached hydrogen (secondary N) is 1. The Morgan fingerprint density at radius 3 is 2.83 bits per heavy atom. The van der Waals surface area contributed by atoms with Crippen LogP contribution in [-0.4, -0.2) is 50.9 Å². The third kappa shape index (κ3) is 2.75. The van der Waals surface area contributed by atoms with Gasteiger partial charge in [-0.1, -0.05) is 18.2 Å². The van der Waals surface area contributed by atoms with Crippen molar-refractivity contribution in [3.63, 3.8) is 0 Å². The second-order valence-corrected chi connectivity index (χ2v) is 7.61. The highest BCUT2D eigenvalue weighted by atomic mass is 16.5. The minimum atomic E-state index is 0.0517. The van der Waals surface area contributed by atoms with Gasteiger partial charge in [-0.05, 0) is 31.7 Å². The van der Waals surface area contributed by atoms with Crippen molar-refractivity contribution in [2.75, 3.05) is 40.0 Å². The molecule has 1 saturated carbocycles. The summed E-state index contributed by atoms with van der Waals surface area (Å²) in [5, 5.41) is 3.17. The van der Waals surface area contributed by atoms with E-state index in [9.17, 15) is 4.79 Å². The first kappa shape index (κ1) is 15.8. The Kier molecular flexibility index (Phi) is 3.91. The van der Waals surface area contributed by atoms with Gasteiger partial charge in [-0.15, -0.1) is 0 Å². The fourth-order valence-electron chi connectivity index (χ4n) is 4.21. The molecule has 1 spiro atoms. The summed E-state index contributed by atoms with van der Waals surface area (Å²) in [4.78, 5) is 14.6. The number of benzene rings is 1. The molecule has 3 fully saturated rings. The molecule has 1 atom stereocenters. The summed E-state index contributed by atoms with van der Waals surface area (Å²) in [5.74, 6) is 0.924. The topological polar surface area (TPSA) is 50.8 Å². The number of hydrogen-bond donors (Lipinski definition) is 1. The van der Waals surface area contributed by atoms with Gasteiger partial charge in [0.1, 0.15) is 5.75 Å². The van der Waals surface area contributed by atoms with Gasteiger partial charge in [-0.3, -0.25) is 0 Å². The molecule has 24 heavy (non-hydrogen) atoms. The van der Waals surface area contributed by atoms with Crippen LogP contribution in [0.3, 0.4) is 0 Å². The maximum atomic E-state index is 12.6. The molecule has 2 saturated heterocycles. The van der Waals surface area contributed by atoms with E-state index in [0.29, 0.717) is 6.54 Å². The van der Waals surface area contributed by atoms with Crippen LogP contribution in [0.1, 0.15) is 31.2 Å². The van der Waals surface area contributed by atoms with E-state index in [1.54, 1.807) is 7.11 Å². The normalized spacial score (nSPS) is 27.5. The first-order chi connectivity index (χ1) is 11.7. The van der Waals surface area contributed by atoms with E-state index in [4.69, 9.17) is 9.47 Å². The first-order valence-electron chi connectivity index (χ1n) is 8.91. The van der Waals surface area contributed by atoms with E-state index >= 15 is 0 Å². The second kappa shape index (κ2) is 5.96. The van der Waals surface area contributed by atoms with Crippen molar-refractivity contribution < 1.29 is 14.3 Å². The van der Waals surface area contributed by atoms with Gasteiger partial charge in [0.25, 0.3) is 0 Å². The predicted molar refractivity (Wildman–Crippen MR) is 91.4 cm³/mol. The van der Waals surface area contributed by atoms with Crippen molar-refractivity contribution in [2.45, 2.75) is 31.1 Å². The summed E-state index contributed by atoms with van der Waals surface area (Å²) in [7, 11) is 1.71. The lowest BCUT2D eigenvalue weighted by atomic mass is 9.87. The smallest absolute Gasteiger partial charge is 0.317 e. The third-order valence-corrected chi connectivity index (χ3v) is 6.02. The zero-order chi connectivity index (χ0) is 16.6. The number of para-hydroxylation sites is 1. The minimum Gasteiger partial charge on any atom is -0.496 e. The van der Waals surface area contributed by atoms with Crippen LogP contribution in [0.25, 0.3) is 0 Å². The Morgan fingerprint density at radius 1 is 1.29 bits per heavy atom. The Hall–Kier alpha value is -1.75. The summed E-state index contributed by atoms with van der Waals surface area (Å²) >= 11 is 0. The fourth-order valence-corrected chi connectivity index (χ4v) is 4.21. The van der Waals surface area contributed by atoms with Gasteiger partial charge in [0, 0.05) is 42.6 Å². The van der Waals surface area contributed by atoms with Crippen molar-refractivity contribution in [2.24, 2.45) is 5.41 Å². The molecule has 5 nitrogen and oxygen atoms in total. The molecule has 1 N–H and O–H groups in total. The van der Waals surface area contributed by atoms with Crippen molar-refractivity contribution >= 4 is 6.03 Å². The molecule has 0 unspecified atom stereocenters. The second-order valence-electron chi connectivity index (χ2n) is 7.61. The molecule has 1 aromatic rings. The van der Waals surface area contributed by atoms with Gasteiger partial charge in [0.2, 0.25) is 0 Å². The largest absolute Gasteiger partial charge is 0.496 e. The number of methoxy groups -OCH3 is 1. The van der Waals surface area contributed by atoms with Crippen molar-refractivity contribution in [1.82, 2.24) is 10.2 Å². The number of rotatable bonds is 4. The van der Waals surface area contributed by atoms with Crippen LogP contribution in [0, 0.1) is 5.41 Å². The van der Waals surface area contributed by atoms with Gasteiger partial charge < -0.3 is 19.7 Å². The highest BCUT2D eigenvalue weighted by Gasteiger charge is 2.47. The summed E-state index contributed by atoms with van der Waals surface area (Å²) in [6.07, 6.45) is 4.36. The quantitative estimate of drug-likeness (QED) is 0.923. The highest BCUT2D eigenvalue weighted by molar-refractivity contribution is 5.75. The minimum absolute atomic E-state index is 0.0517. The number of urea groups is 1. The number of carbonyl (C=O) groups excluding carboxylic acids is 1. The zero-order valence-electron chi connectivity index (χ0n) is 14.3. The zero-order valence-corrected chi connectivity index (χ0v) is 14.3. The van der Waals surface area contributed by atoms with E-state index < -0.39 is 0 Å². The van der Waals surface area contributed by atoms with Gasteiger partial charge in [0.15, 0.2) is 0 Å². The Bertz CT molecular complexity index is 621. The van der Waals surface area contributed by atoms with Crippen LogP contribution in [0.5, 0.6) is 5.75 Å². The number of carbonyl (C=O) groups is 1. The maximum absolute atomic E-state index is 12.6. The number of ether oxygens (including phenoxy) is 2. The molecule has 3 aliphatic rings. The van der Waals surface area contributed by atoms with Crippen molar-refractivity contribution in [1.29, 1.82) is 0 Å². The van der Waals surface area contributed by atoms with Gasteiger partial charge in [0.05, 0.1) is 13.7 Å². The molecule has 0 bridgehead atoms. The molecule has 0 radical (unpaired) electrons. The fraction of sp³-hybridized carbons (Fsp3) is 0.632. The Labute approximate surface area is 143 Å². The number of likely N-dealkylation sites (tertiary alicyclic amines) is 1. The Morgan fingerprint density at radius 2 is 2.12 bits per heavy atom. The number of hydrogen-bond acceptors (Lipinski definition) is 3. The third-order valence-electron chi connectivity index (χ3n) is 6.02. The molecule has 4 rings (SSSR count). The molecule has 1 aliphatic carbocycles. The van der Waals surface area contributed by atoms with Gasteiger partial charge in [-0.2, -0.15) is 0 Å². The van der Waals surface area contributed by atoms with Crippen molar-refractivity contribution in [3.8, 4) is 5.75 Å². The van der Waals surface area contributed by atoms with E-state index in [0.717, 1.165) is 57.7 Å². The average Bonchev–Trinajstić information content (AvgIpc) is 3.07. The highest BCUT2D eigenvalue weighted by Crippen LogP contribution is 2.50. The molecule has 2 aliphatic heterocycles. The van der Waals surface area contributed by atoms with Gasteiger partial charge >= 0.3 is 6.03 Å². The van der Waals surface area contributed by atoms with E-state index in [1.807, 2.05) is 23.1 Å². The average molecular weight is 330 g/mol. The van der Waals surface area contributed by atoms with E-state index in [1.165, 1.54) is 5.56 Å². The molecule has 1 aromatic carbocycles. The monoisotopic (exact) mass is 330 g/mol. The summed E-state index contributed by atoms with van der Waals surface area (Å²) in [6, 6.07) is 8.23. The molecule has 0 aromatic heterocycles. The van der Waals surface area contributed by atoms with Crippen LogP contribution in [0.4, 0.5) is 4.79 Å². The van der Waals surface area contributed by atoms with Crippen LogP contribution in [0.15, 0.2) is 24.3 Å². The summed E-state index contributed by atoms with van der Waals surface area (Å²) < 4.78 is 11.1. The SMILES string of the molecule is COc1ccccc1C1(CNC(=O)N2CC[C@]3(CCOC3)C2)CC1. The summed E-state index contributed by atoms with van der Waals surface area (Å²) in [5.41, 5.74) is 1.49. The molecule has 5 heteroatoms. The number of amides is 2. The molecule has 130 valence electrons. The van der Waals surface area contributed by atoms with Crippen LogP contribution < -0.4 is 10.1 Å². The van der Waals surface area contributed by atoms with E-state index in [-0.39, 0.29) is 16.9 Å². The lowest BCUT2D eigenvalue weighted by Crippen LogP contribution is -2.43. The van der Waals surface area contributed by atoms with Crippen LogP contribution in [-0.2, 0) is 10.2 Å². The number of nitrogens with zero attached hydrogens (tertiary/aromatic N) is 1. The maximum Gasteiger partial charge on any atom is 0.317 e. The first-order valence-corrected chi connectivity index (χ1v) is 8.91. The molecule has 2 heterocycles. The molecular formula is C19H26N2O3. The van der Waals surface area contributed by atoms with E-state index in [2.05, 4.69) is 11.4 Å². The predicted octanol–water partition coefficient (Wildman–Crippen LogP) is 2.55. The van der Waals surface area contributed by atoms with Gasteiger partial charge in [-0.25, -0.2) is 4.79 Å². The van der Waals surface area contributed by atoms with Crippen LogP contribution in [0.2, 0.25) is 0 Å². The Balaban J connectivity index is 1.37. The standard InChI is InChI=1S/C19H26N2O3/c1-23-16-5-3-2-4-15(16)19(6-7-19)12-20-17(22)21-10-8-18(13-21)9-11-24-14-18/h2-5H,6-14H2,1H3,(H,20,22)/t18-/m0/s1. The molecule has 2 amide bonds.